The fourth-order valence-corrected chi connectivity index (χ4v) is 3.44. The molecule has 0 saturated heterocycles. The zero-order chi connectivity index (χ0) is 20.7. The van der Waals surface area contributed by atoms with Crippen molar-refractivity contribution >= 4 is 44.7 Å². The molecule has 1 unspecified atom stereocenters. The lowest BCUT2D eigenvalue weighted by molar-refractivity contribution is -0.146. The number of amides is 1. The highest BCUT2D eigenvalue weighted by Gasteiger charge is 2.19. The molecule has 0 aliphatic carbocycles. The van der Waals surface area contributed by atoms with Gasteiger partial charge in [-0.3, -0.25) is 19.1 Å². The summed E-state index contributed by atoms with van der Waals surface area (Å²) in [6.07, 6.45) is -0.0446. The Kier molecular flexibility index (Phi) is 7.30. The number of hydrogen-bond acceptors (Lipinski definition) is 7. The topological polar surface area (TPSA) is 119 Å². The van der Waals surface area contributed by atoms with Crippen LogP contribution in [0.4, 0.5) is 5.69 Å². The van der Waals surface area contributed by atoms with Gasteiger partial charge in [0.25, 0.3) is 5.91 Å². The lowest BCUT2D eigenvalue weighted by atomic mass is 10.1. The first kappa shape index (κ1) is 21.6. The van der Waals surface area contributed by atoms with Crippen molar-refractivity contribution in [3.63, 3.8) is 0 Å². The molecule has 1 heterocycles. The smallest absolute Gasteiger partial charge is 0.308 e. The Morgan fingerprint density at radius 1 is 1.14 bits per heavy atom. The van der Waals surface area contributed by atoms with Crippen LogP contribution in [0.3, 0.4) is 0 Å². The zero-order valence-electron chi connectivity index (χ0n) is 15.3. The Hall–Kier alpha value is -2.72. The SMILES string of the molecule is CC(OC(=O)CCNC(=O)c1cccs1)C(=O)c1ccc(NS(C)(=O)=O)cc1. The summed E-state index contributed by atoms with van der Waals surface area (Å²) in [6.45, 7) is 1.55. The number of nitrogens with one attached hydrogen (secondary N) is 2. The fourth-order valence-electron chi connectivity index (χ4n) is 2.23. The van der Waals surface area contributed by atoms with Crippen molar-refractivity contribution in [1.82, 2.24) is 5.32 Å². The molecule has 1 aromatic carbocycles. The van der Waals surface area contributed by atoms with Crippen molar-refractivity contribution in [3.8, 4) is 0 Å². The number of rotatable bonds is 9. The number of sulfonamides is 1. The van der Waals surface area contributed by atoms with E-state index in [2.05, 4.69) is 10.0 Å². The predicted molar refractivity (Wildman–Crippen MR) is 106 cm³/mol. The quantitative estimate of drug-likeness (QED) is 0.470. The molecule has 1 atom stereocenters. The van der Waals surface area contributed by atoms with Crippen molar-refractivity contribution in [2.45, 2.75) is 19.4 Å². The Labute approximate surface area is 167 Å². The molecule has 2 aromatic rings. The van der Waals surface area contributed by atoms with Gasteiger partial charge in [-0.1, -0.05) is 6.07 Å². The summed E-state index contributed by atoms with van der Waals surface area (Å²) in [5.41, 5.74) is 0.607. The highest BCUT2D eigenvalue weighted by molar-refractivity contribution is 7.92. The molecular weight excluding hydrogens is 404 g/mol. The van der Waals surface area contributed by atoms with E-state index >= 15 is 0 Å². The third kappa shape index (κ3) is 6.78. The summed E-state index contributed by atoms with van der Waals surface area (Å²) in [5, 5.41) is 4.38. The van der Waals surface area contributed by atoms with Crippen LogP contribution >= 0.6 is 11.3 Å². The van der Waals surface area contributed by atoms with Crippen molar-refractivity contribution in [2.24, 2.45) is 0 Å². The van der Waals surface area contributed by atoms with Gasteiger partial charge >= 0.3 is 5.97 Å². The van der Waals surface area contributed by atoms with Crippen LogP contribution in [-0.4, -0.2) is 45.0 Å². The molecule has 0 aliphatic heterocycles. The molecule has 0 radical (unpaired) electrons. The molecule has 0 aliphatic rings. The van der Waals surface area contributed by atoms with E-state index in [1.165, 1.54) is 42.5 Å². The number of carbonyl (C=O) groups excluding carboxylic acids is 3. The number of esters is 1. The van der Waals surface area contributed by atoms with Gasteiger partial charge in [-0.05, 0) is 42.6 Å². The van der Waals surface area contributed by atoms with Crippen molar-refractivity contribution in [3.05, 3.63) is 52.2 Å². The first-order chi connectivity index (χ1) is 13.2. The minimum absolute atomic E-state index is 0.0635. The fraction of sp³-hybridized carbons (Fsp3) is 0.278. The van der Waals surface area contributed by atoms with E-state index in [1.807, 2.05) is 0 Å². The second kappa shape index (κ2) is 9.47. The van der Waals surface area contributed by atoms with Gasteiger partial charge in [-0.15, -0.1) is 11.3 Å². The van der Waals surface area contributed by atoms with E-state index in [9.17, 15) is 22.8 Å². The second-order valence-corrected chi connectivity index (χ2v) is 8.63. The third-order valence-corrected chi connectivity index (χ3v) is 4.98. The third-order valence-electron chi connectivity index (χ3n) is 3.51. The largest absolute Gasteiger partial charge is 0.454 e. The van der Waals surface area contributed by atoms with Gasteiger partial charge in [0.05, 0.1) is 17.6 Å². The van der Waals surface area contributed by atoms with Gasteiger partial charge in [-0.2, -0.15) is 0 Å². The highest BCUT2D eigenvalue weighted by Crippen LogP contribution is 2.14. The van der Waals surface area contributed by atoms with Crippen molar-refractivity contribution < 1.29 is 27.5 Å². The Balaban J connectivity index is 1.81. The number of carbonyl (C=O) groups is 3. The van der Waals surface area contributed by atoms with Crippen LogP contribution < -0.4 is 10.0 Å². The number of ketones is 1. The highest BCUT2D eigenvalue weighted by atomic mass is 32.2. The number of ether oxygens (including phenoxy) is 1. The molecule has 8 nitrogen and oxygen atoms in total. The first-order valence-electron chi connectivity index (χ1n) is 8.29. The summed E-state index contributed by atoms with van der Waals surface area (Å²) < 4.78 is 29.8. The van der Waals surface area contributed by atoms with Gasteiger partial charge in [0.2, 0.25) is 15.8 Å². The van der Waals surface area contributed by atoms with Crippen LogP contribution in [0.5, 0.6) is 0 Å². The van der Waals surface area contributed by atoms with Gasteiger partial charge in [0, 0.05) is 17.8 Å². The standard InChI is InChI=1S/C18H20N2O6S2/c1-12(17(22)13-5-7-14(8-6-13)20-28(2,24)25)26-16(21)9-10-19-18(23)15-4-3-11-27-15/h3-8,11-12,20H,9-10H2,1-2H3,(H,19,23). The van der Waals surface area contributed by atoms with E-state index in [0.717, 1.165) is 6.26 Å². The summed E-state index contributed by atoms with van der Waals surface area (Å²) in [6, 6.07) is 9.22. The summed E-state index contributed by atoms with van der Waals surface area (Å²) >= 11 is 1.30. The summed E-state index contributed by atoms with van der Waals surface area (Å²) in [7, 11) is -3.41. The Bertz CT molecular complexity index is 937. The molecule has 1 aromatic heterocycles. The zero-order valence-corrected chi connectivity index (χ0v) is 16.9. The van der Waals surface area contributed by atoms with Crippen LogP contribution in [0.1, 0.15) is 33.4 Å². The van der Waals surface area contributed by atoms with Crippen molar-refractivity contribution in [1.29, 1.82) is 0 Å². The Morgan fingerprint density at radius 3 is 2.39 bits per heavy atom. The summed E-state index contributed by atoms with van der Waals surface area (Å²) in [4.78, 5) is 36.5. The van der Waals surface area contributed by atoms with Gasteiger partial charge in [-0.25, -0.2) is 8.42 Å². The lowest BCUT2D eigenvalue weighted by Gasteiger charge is -2.13. The minimum Gasteiger partial charge on any atom is -0.454 e. The Morgan fingerprint density at radius 2 is 1.82 bits per heavy atom. The molecule has 28 heavy (non-hydrogen) atoms. The number of Topliss-reactive ketones (excluding diaryl/α,β-unsaturated/α-hetero) is 1. The molecule has 2 N–H and O–H groups in total. The molecule has 2 rings (SSSR count). The van der Waals surface area contributed by atoms with Gasteiger partial charge < -0.3 is 10.1 Å². The molecule has 0 spiro atoms. The molecule has 1 amide bonds. The molecule has 10 heteroatoms. The number of thiophene rings is 1. The van der Waals surface area contributed by atoms with Crippen LogP contribution in [0, 0.1) is 0 Å². The van der Waals surface area contributed by atoms with E-state index in [0.29, 0.717) is 10.6 Å². The van der Waals surface area contributed by atoms with E-state index in [4.69, 9.17) is 4.74 Å². The lowest BCUT2D eigenvalue weighted by Crippen LogP contribution is -2.29. The normalized spacial score (nSPS) is 12.1. The minimum atomic E-state index is -3.41. The van der Waals surface area contributed by atoms with E-state index in [1.54, 1.807) is 17.5 Å². The molecule has 0 fully saturated rings. The monoisotopic (exact) mass is 424 g/mol. The van der Waals surface area contributed by atoms with Crippen LogP contribution in [-0.2, 0) is 19.6 Å². The van der Waals surface area contributed by atoms with Gasteiger partial charge in [0.15, 0.2) is 6.10 Å². The first-order valence-corrected chi connectivity index (χ1v) is 11.1. The number of hydrogen-bond donors (Lipinski definition) is 2. The van der Waals surface area contributed by atoms with E-state index in [-0.39, 0.29) is 24.4 Å². The van der Waals surface area contributed by atoms with Crippen LogP contribution in [0.15, 0.2) is 41.8 Å². The number of benzene rings is 1. The van der Waals surface area contributed by atoms with Crippen LogP contribution in [0.25, 0.3) is 0 Å². The number of anilines is 1. The maximum absolute atomic E-state index is 12.3. The molecule has 0 saturated carbocycles. The molecule has 0 bridgehead atoms. The molecular formula is C18H20N2O6S2. The summed E-state index contributed by atoms with van der Waals surface area (Å²) in [5.74, 6) is -1.29. The molecule has 150 valence electrons. The van der Waals surface area contributed by atoms with E-state index < -0.39 is 27.9 Å². The maximum Gasteiger partial charge on any atom is 0.308 e. The maximum atomic E-state index is 12.3. The second-order valence-electron chi connectivity index (χ2n) is 5.93. The average molecular weight is 425 g/mol. The predicted octanol–water partition coefficient (Wildman–Crippen LogP) is 2.05. The van der Waals surface area contributed by atoms with Crippen molar-refractivity contribution in [2.75, 3.05) is 17.5 Å². The van der Waals surface area contributed by atoms with Gasteiger partial charge in [0.1, 0.15) is 0 Å². The van der Waals surface area contributed by atoms with Crippen LogP contribution in [0.2, 0.25) is 0 Å². The average Bonchev–Trinajstić information content (AvgIpc) is 3.15.